The number of nitrogens with one attached hydrogen (secondary N) is 2. The smallest absolute Gasteiger partial charge is 0.277 e. The second kappa shape index (κ2) is 17.6. The molecule has 0 aliphatic carbocycles. The highest BCUT2D eigenvalue weighted by atomic mass is 16.5. The number of aliphatic imine (C=N–C) groups is 3. The molecule has 1 fully saturated rings. The number of likely N-dealkylation sites (N-methyl/N-ethyl adjacent to an activating group) is 1. The van der Waals surface area contributed by atoms with Crippen LogP contribution in [-0.2, 0) is 16.0 Å². The molecule has 40 heavy (non-hydrogen) atoms. The maximum absolute atomic E-state index is 11.7. The van der Waals surface area contributed by atoms with E-state index in [0.29, 0.717) is 62.5 Å². The third-order valence-electron chi connectivity index (χ3n) is 5.82. The van der Waals surface area contributed by atoms with Crippen molar-refractivity contribution >= 4 is 42.9 Å². The molecular formula is C28H41N9O3. The van der Waals surface area contributed by atoms with E-state index in [9.17, 15) is 4.79 Å². The van der Waals surface area contributed by atoms with Gasteiger partial charge in [0.15, 0.2) is 17.5 Å². The van der Waals surface area contributed by atoms with Crippen LogP contribution < -0.4 is 20.6 Å². The second-order valence-corrected chi connectivity index (χ2v) is 8.91. The summed E-state index contributed by atoms with van der Waals surface area (Å²) < 4.78 is 5.53. The number of amides is 1. The van der Waals surface area contributed by atoms with Gasteiger partial charge >= 0.3 is 0 Å². The Morgan fingerprint density at radius 2 is 1.88 bits per heavy atom. The molecule has 216 valence electrons. The number of rotatable bonds is 12. The number of hydrogen-bond donors (Lipinski definition) is 3. The highest BCUT2D eigenvalue weighted by Crippen LogP contribution is 2.37. The molecule has 0 unspecified atom stereocenters. The van der Waals surface area contributed by atoms with Gasteiger partial charge in [0.2, 0.25) is 0 Å². The molecule has 1 aliphatic rings. The molecule has 1 aromatic heterocycles. The molecule has 0 radical (unpaired) electrons. The Balaban J connectivity index is 0.00000178. The monoisotopic (exact) mass is 551 g/mol. The Morgan fingerprint density at radius 1 is 1.20 bits per heavy atom. The van der Waals surface area contributed by atoms with E-state index in [2.05, 4.69) is 57.7 Å². The predicted molar refractivity (Wildman–Crippen MR) is 163 cm³/mol. The Bertz CT molecular complexity index is 1160. The maximum Gasteiger partial charge on any atom is 0.277 e. The number of aryl methyl sites for hydroxylation is 1. The van der Waals surface area contributed by atoms with Gasteiger partial charge in [0.1, 0.15) is 5.69 Å². The van der Waals surface area contributed by atoms with E-state index >= 15 is 0 Å². The van der Waals surface area contributed by atoms with Crippen molar-refractivity contribution in [1.29, 1.82) is 0 Å². The summed E-state index contributed by atoms with van der Waals surface area (Å²) in [6.07, 6.45) is 4.66. The summed E-state index contributed by atoms with van der Waals surface area (Å²) >= 11 is 0. The number of aromatic nitrogens is 2. The minimum Gasteiger partial charge on any atom is -0.378 e. The van der Waals surface area contributed by atoms with Crippen molar-refractivity contribution in [2.45, 2.75) is 19.8 Å². The molecule has 1 saturated heterocycles. The molecule has 0 saturated carbocycles. The van der Waals surface area contributed by atoms with E-state index in [0.717, 1.165) is 18.4 Å². The fraction of sp³-hybridized carbons (Fsp3) is 0.429. The van der Waals surface area contributed by atoms with E-state index in [-0.39, 0.29) is 5.57 Å². The Morgan fingerprint density at radius 3 is 2.45 bits per heavy atom. The van der Waals surface area contributed by atoms with Crippen LogP contribution in [-0.4, -0.2) is 101 Å². The first-order valence-electron chi connectivity index (χ1n) is 13.1. The van der Waals surface area contributed by atoms with Crippen molar-refractivity contribution < 1.29 is 14.7 Å². The van der Waals surface area contributed by atoms with Gasteiger partial charge in [-0.05, 0) is 39.5 Å². The summed E-state index contributed by atoms with van der Waals surface area (Å²) in [6.45, 7) is 12.7. The number of anilines is 2. The van der Waals surface area contributed by atoms with Gasteiger partial charge < -0.3 is 19.9 Å². The highest BCUT2D eigenvalue weighted by molar-refractivity contribution is 6.11. The molecule has 12 nitrogen and oxygen atoms in total. The van der Waals surface area contributed by atoms with Crippen molar-refractivity contribution in [2.24, 2.45) is 15.0 Å². The molecule has 1 aliphatic heterocycles. The average Bonchev–Trinajstić information content (AvgIpc) is 2.99. The second-order valence-electron chi connectivity index (χ2n) is 8.91. The fourth-order valence-electron chi connectivity index (χ4n) is 3.86. The van der Waals surface area contributed by atoms with E-state index < -0.39 is 5.91 Å². The Kier molecular flexibility index (Phi) is 14.1. The number of morpholine rings is 1. The minimum atomic E-state index is -0.719. The number of carbonyl (C=O) groups is 1. The van der Waals surface area contributed by atoms with E-state index in [1.54, 1.807) is 5.48 Å². The molecule has 0 spiro atoms. The molecule has 12 heteroatoms. The Hall–Kier alpha value is -4.00. The van der Waals surface area contributed by atoms with Gasteiger partial charge in [0, 0.05) is 44.7 Å². The molecule has 2 aromatic rings. The molecule has 0 bridgehead atoms. The summed E-state index contributed by atoms with van der Waals surface area (Å²) in [5.41, 5.74) is 4.43. The zero-order valence-electron chi connectivity index (χ0n) is 23.9. The van der Waals surface area contributed by atoms with Crippen LogP contribution in [0.2, 0.25) is 0 Å². The van der Waals surface area contributed by atoms with Crippen LogP contribution in [0.3, 0.4) is 0 Å². The van der Waals surface area contributed by atoms with Gasteiger partial charge in [0.05, 0.1) is 25.3 Å². The number of nitrogens with zero attached hydrogens (tertiary/aromatic N) is 7. The number of benzene rings is 1. The zero-order chi connectivity index (χ0) is 29.3. The van der Waals surface area contributed by atoms with Crippen molar-refractivity contribution in [2.75, 3.05) is 70.3 Å². The molecule has 2 heterocycles. The van der Waals surface area contributed by atoms with Gasteiger partial charge in [-0.15, -0.1) is 0 Å². The first-order valence-corrected chi connectivity index (χ1v) is 13.1. The fourth-order valence-corrected chi connectivity index (χ4v) is 3.86. The van der Waals surface area contributed by atoms with Gasteiger partial charge in [-0.1, -0.05) is 37.6 Å². The summed E-state index contributed by atoms with van der Waals surface area (Å²) in [6, 6.07) is 8.32. The van der Waals surface area contributed by atoms with Crippen molar-refractivity contribution in [1.82, 2.24) is 20.8 Å². The summed E-state index contributed by atoms with van der Waals surface area (Å²) in [5.74, 6) is 1.23. The first-order chi connectivity index (χ1) is 19.4. The van der Waals surface area contributed by atoms with Crippen LogP contribution in [0.15, 0.2) is 51.0 Å². The molecule has 3 rings (SSSR count). The van der Waals surface area contributed by atoms with E-state index in [1.165, 1.54) is 18.0 Å². The number of ether oxygens (including phenoxy) is 1. The first kappa shape index (κ1) is 32.2. The number of hydrogen-bond acceptors (Lipinski definition) is 11. The SMILES string of the molecule is C=N/C=C(\C=NCCN(C)c1nc(-c2ccc(CCC)cc2)nc(N2CCOCC2)c1N=C)C(=O)NO.CNC. The summed E-state index contributed by atoms with van der Waals surface area (Å²) in [4.78, 5) is 37.7. The molecule has 0 atom stereocenters. The van der Waals surface area contributed by atoms with Gasteiger partial charge in [0.25, 0.3) is 5.91 Å². The van der Waals surface area contributed by atoms with E-state index in [4.69, 9.17) is 19.9 Å². The maximum atomic E-state index is 11.7. The molecule has 3 N–H and O–H groups in total. The highest BCUT2D eigenvalue weighted by Gasteiger charge is 2.23. The third-order valence-corrected chi connectivity index (χ3v) is 5.82. The van der Waals surface area contributed by atoms with Crippen LogP contribution in [0.25, 0.3) is 11.4 Å². The minimum absolute atomic E-state index is 0.0825. The topological polar surface area (TPSA) is 140 Å². The van der Waals surface area contributed by atoms with E-state index in [1.807, 2.05) is 38.2 Å². The van der Waals surface area contributed by atoms with Crippen LogP contribution >= 0.6 is 0 Å². The van der Waals surface area contributed by atoms with Gasteiger partial charge in [-0.2, -0.15) is 0 Å². The predicted octanol–water partition coefficient (Wildman–Crippen LogP) is 2.70. The molecular weight excluding hydrogens is 510 g/mol. The zero-order valence-corrected chi connectivity index (χ0v) is 23.9. The number of carbonyl (C=O) groups excluding carboxylic acids is 1. The Labute approximate surface area is 236 Å². The van der Waals surface area contributed by atoms with Crippen LogP contribution in [0.1, 0.15) is 18.9 Å². The van der Waals surface area contributed by atoms with Crippen molar-refractivity contribution in [3.8, 4) is 11.4 Å². The largest absolute Gasteiger partial charge is 0.378 e. The van der Waals surface area contributed by atoms with Gasteiger partial charge in [-0.25, -0.2) is 15.4 Å². The lowest BCUT2D eigenvalue weighted by Crippen LogP contribution is -2.37. The van der Waals surface area contributed by atoms with Crippen molar-refractivity contribution in [3.63, 3.8) is 0 Å². The third kappa shape index (κ3) is 9.33. The summed E-state index contributed by atoms with van der Waals surface area (Å²) in [7, 11) is 5.65. The lowest BCUT2D eigenvalue weighted by Gasteiger charge is -2.30. The lowest BCUT2D eigenvalue weighted by atomic mass is 10.1. The lowest BCUT2D eigenvalue weighted by molar-refractivity contribution is -0.124. The van der Waals surface area contributed by atoms with Crippen LogP contribution in [0, 0.1) is 0 Å². The standard InChI is InChI=1S/C26H34N8O3.C2H7N/c1-5-6-19-7-9-20(10-8-19)23-30-24(22(28-3)25(31-23)34-13-15-37-16-14-34)33(4)12-11-29-18-21(17-27-2)26(35)32-36;1-3-2/h7-10,17-18,36H,2-3,5-6,11-16H2,1,4H3,(H,32,35);3H,1-2H3/b21-17+,29-18?;. The van der Waals surface area contributed by atoms with Crippen LogP contribution in [0.5, 0.6) is 0 Å². The molecule has 1 aromatic carbocycles. The summed E-state index contributed by atoms with van der Waals surface area (Å²) in [5, 5.41) is 11.6. The van der Waals surface area contributed by atoms with Crippen LogP contribution in [0.4, 0.5) is 17.3 Å². The van der Waals surface area contributed by atoms with Crippen molar-refractivity contribution in [3.05, 3.63) is 41.6 Å². The molecule has 1 amide bonds. The number of hydroxylamine groups is 1. The van der Waals surface area contributed by atoms with Gasteiger partial charge in [-0.3, -0.25) is 25.0 Å². The average molecular weight is 552 g/mol. The quantitative estimate of drug-likeness (QED) is 0.158. The normalized spacial score (nSPS) is 13.4.